The van der Waals surface area contributed by atoms with Crippen molar-refractivity contribution in [2.45, 2.75) is 26.3 Å². The van der Waals surface area contributed by atoms with Gasteiger partial charge in [-0.15, -0.1) is 0 Å². The number of carbonyl (C=O) groups excluding carboxylic acids is 1. The Kier molecular flexibility index (Phi) is 5.26. The van der Waals surface area contributed by atoms with Crippen LogP contribution in [-0.4, -0.2) is 22.4 Å². The van der Waals surface area contributed by atoms with Gasteiger partial charge in [0.15, 0.2) is 0 Å². The lowest BCUT2D eigenvalue weighted by atomic mass is 10.1. The number of nitrogens with zero attached hydrogens (tertiary/aromatic N) is 2. The van der Waals surface area contributed by atoms with Crippen LogP contribution in [-0.2, 0) is 0 Å². The molecule has 5 heteroatoms. The highest BCUT2D eigenvalue weighted by molar-refractivity contribution is 5.99. The topological polar surface area (TPSA) is 66.9 Å². The monoisotopic (exact) mass is 284 g/mol. The van der Waals surface area contributed by atoms with Gasteiger partial charge in [0.2, 0.25) is 0 Å². The molecule has 0 saturated carbocycles. The van der Waals surface area contributed by atoms with Crippen LogP contribution >= 0.6 is 0 Å². The molecule has 0 aliphatic carbocycles. The van der Waals surface area contributed by atoms with E-state index in [1.54, 1.807) is 24.8 Å². The van der Waals surface area contributed by atoms with Crippen molar-refractivity contribution in [3.8, 4) is 0 Å². The van der Waals surface area contributed by atoms with Crippen LogP contribution in [0.2, 0.25) is 0 Å². The van der Waals surface area contributed by atoms with E-state index in [4.69, 9.17) is 0 Å². The number of nitrogens with one attached hydrogen (secondary N) is 2. The first-order valence-electron chi connectivity index (χ1n) is 7.11. The molecule has 21 heavy (non-hydrogen) atoms. The molecule has 2 aromatic heterocycles. The van der Waals surface area contributed by atoms with Crippen LogP contribution in [0.15, 0.2) is 43.0 Å². The van der Waals surface area contributed by atoms with E-state index < -0.39 is 0 Å². The van der Waals surface area contributed by atoms with Gasteiger partial charge in [0.05, 0.1) is 17.3 Å². The first-order valence-corrected chi connectivity index (χ1v) is 7.11. The van der Waals surface area contributed by atoms with Crippen LogP contribution in [0.4, 0.5) is 5.69 Å². The fraction of sp³-hybridized carbons (Fsp3) is 0.312. The number of hydrogen-bond donors (Lipinski definition) is 2. The van der Waals surface area contributed by atoms with Gasteiger partial charge in [0.1, 0.15) is 0 Å². The molecule has 0 aliphatic heterocycles. The second kappa shape index (κ2) is 7.38. The Hall–Kier alpha value is -2.43. The Morgan fingerprint density at radius 2 is 2.05 bits per heavy atom. The molecule has 2 N–H and O–H groups in total. The average molecular weight is 284 g/mol. The van der Waals surface area contributed by atoms with Crippen molar-refractivity contribution < 1.29 is 4.79 Å². The molecule has 0 aliphatic rings. The number of amides is 1. The van der Waals surface area contributed by atoms with E-state index in [0.717, 1.165) is 24.2 Å². The third-order valence-electron chi connectivity index (χ3n) is 3.16. The minimum atomic E-state index is -0.141. The quantitative estimate of drug-likeness (QED) is 0.856. The number of anilines is 1. The molecule has 1 unspecified atom stereocenters. The minimum Gasteiger partial charge on any atom is -0.384 e. The lowest BCUT2D eigenvalue weighted by Gasteiger charge is -2.16. The largest absolute Gasteiger partial charge is 0.384 e. The zero-order valence-corrected chi connectivity index (χ0v) is 12.3. The Balaban J connectivity index is 2.10. The van der Waals surface area contributed by atoms with Crippen LogP contribution in [0, 0.1) is 0 Å². The molecule has 0 aromatic carbocycles. The first-order chi connectivity index (χ1) is 10.2. The zero-order valence-electron chi connectivity index (χ0n) is 12.3. The van der Waals surface area contributed by atoms with Crippen molar-refractivity contribution in [1.82, 2.24) is 15.3 Å². The van der Waals surface area contributed by atoms with Crippen LogP contribution < -0.4 is 10.6 Å². The second-order valence-electron chi connectivity index (χ2n) is 4.83. The number of aromatic nitrogens is 2. The lowest BCUT2D eigenvalue weighted by molar-refractivity contribution is 0.0940. The summed E-state index contributed by atoms with van der Waals surface area (Å²) < 4.78 is 0. The molecule has 5 nitrogen and oxygen atoms in total. The van der Waals surface area contributed by atoms with Gasteiger partial charge >= 0.3 is 0 Å². The SMILES string of the molecule is CCCNc1ccncc1C(=O)NC(C)c1cccnc1. The summed E-state index contributed by atoms with van der Waals surface area (Å²) in [7, 11) is 0. The molecule has 2 heterocycles. The van der Waals surface area contributed by atoms with E-state index in [9.17, 15) is 4.79 Å². The molecule has 0 radical (unpaired) electrons. The zero-order chi connectivity index (χ0) is 15.1. The number of carbonyl (C=O) groups is 1. The van der Waals surface area contributed by atoms with Crippen LogP contribution in [0.5, 0.6) is 0 Å². The normalized spacial score (nSPS) is 11.7. The molecule has 0 saturated heterocycles. The second-order valence-corrected chi connectivity index (χ2v) is 4.83. The molecule has 2 rings (SSSR count). The van der Waals surface area contributed by atoms with Crippen LogP contribution in [0.25, 0.3) is 0 Å². The van der Waals surface area contributed by atoms with E-state index in [0.29, 0.717) is 5.56 Å². The Labute approximate surface area is 124 Å². The van der Waals surface area contributed by atoms with Crippen molar-refractivity contribution in [3.63, 3.8) is 0 Å². The first kappa shape index (κ1) is 15.0. The van der Waals surface area contributed by atoms with Gasteiger partial charge in [-0.25, -0.2) is 0 Å². The van der Waals surface area contributed by atoms with E-state index in [2.05, 4.69) is 27.5 Å². The summed E-state index contributed by atoms with van der Waals surface area (Å²) >= 11 is 0. The van der Waals surface area contributed by atoms with Gasteiger partial charge in [-0.3, -0.25) is 14.8 Å². The van der Waals surface area contributed by atoms with Gasteiger partial charge in [0, 0.05) is 31.3 Å². The third kappa shape index (κ3) is 4.02. The highest BCUT2D eigenvalue weighted by Crippen LogP contribution is 2.16. The average Bonchev–Trinajstić information content (AvgIpc) is 2.54. The fourth-order valence-electron chi connectivity index (χ4n) is 1.98. The number of hydrogen-bond acceptors (Lipinski definition) is 4. The van der Waals surface area contributed by atoms with Gasteiger partial charge in [-0.05, 0) is 31.0 Å². The maximum Gasteiger partial charge on any atom is 0.255 e. The lowest BCUT2D eigenvalue weighted by Crippen LogP contribution is -2.27. The maximum absolute atomic E-state index is 12.4. The molecule has 0 spiro atoms. The molecule has 1 atom stereocenters. The number of rotatable bonds is 6. The Morgan fingerprint density at radius 3 is 2.76 bits per heavy atom. The molecular formula is C16H20N4O. The van der Waals surface area contributed by atoms with Crippen molar-refractivity contribution in [1.29, 1.82) is 0 Å². The van der Waals surface area contributed by atoms with Gasteiger partial charge in [-0.2, -0.15) is 0 Å². The van der Waals surface area contributed by atoms with Crippen LogP contribution in [0.1, 0.15) is 42.2 Å². The summed E-state index contributed by atoms with van der Waals surface area (Å²) in [5, 5.41) is 6.21. The van der Waals surface area contributed by atoms with Gasteiger partial charge in [0.25, 0.3) is 5.91 Å². The summed E-state index contributed by atoms with van der Waals surface area (Å²) in [6.45, 7) is 4.84. The summed E-state index contributed by atoms with van der Waals surface area (Å²) in [5.41, 5.74) is 2.34. The third-order valence-corrected chi connectivity index (χ3v) is 3.16. The molecular weight excluding hydrogens is 264 g/mol. The van der Waals surface area contributed by atoms with Crippen LogP contribution in [0.3, 0.4) is 0 Å². The molecule has 0 fully saturated rings. The standard InChI is InChI=1S/C16H20N4O/c1-3-7-19-15-6-9-18-11-14(15)16(21)20-12(2)13-5-4-8-17-10-13/h4-6,8-12H,3,7H2,1-2H3,(H,18,19)(H,20,21). The van der Waals surface area contributed by atoms with E-state index in [-0.39, 0.29) is 11.9 Å². The Bertz CT molecular complexity index is 586. The van der Waals surface area contributed by atoms with E-state index >= 15 is 0 Å². The van der Waals surface area contributed by atoms with E-state index in [1.807, 2.05) is 25.1 Å². The van der Waals surface area contributed by atoms with Crippen molar-refractivity contribution in [2.75, 3.05) is 11.9 Å². The summed E-state index contributed by atoms with van der Waals surface area (Å²) in [4.78, 5) is 20.5. The summed E-state index contributed by atoms with van der Waals surface area (Å²) in [6, 6.07) is 5.51. The fourth-order valence-corrected chi connectivity index (χ4v) is 1.98. The maximum atomic E-state index is 12.4. The molecule has 2 aromatic rings. The smallest absolute Gasteiger partial charge is 0.255 e. The summed E-state index contributed by atoms with van der Waals surface area (Å²) in [5.74, 6) is -0.141. The predicted octanol–water partition coefficient (Wildman–Crippen LogP) is 2.79. The summed E-state index contributed by atoms with van der Waals surface area (Å²) in [6.07, 6.45) is 7.73. The number of pyridine rings is 2. The highest BCUT2D eigenvalue weighted by Gasteiger charge is 2.14. The van der Waals surface area contributed by atoms with Gasteiger partial charge < -0.3 is 10.6 Å². The van der Waals surface area contributed by atoms with Crippen molar-refractivity contribution >= 4 is 11.6 Å². The van der Waals surface area contributed by atoms with Crippen molar-refractivity contribution in [2.24, 2.45) is 0 Å². The minimum absolute atomic E-state index is 0.106. The van der Waals surface area contributed by atoms with Crippen molar-refractivity contribution in [3.05, 3.63) is 54.1 Å². The molecule has 110 valence electrons. The van der Waals surface area contributed by atoms with E-state index in [1.165, 1.54) is 0 Å². The van der Waals surface area contributed by atoms with Gasteiger partial charge in [-0.1, -0.05) is 13.0 Å². The molecule has 0 bridgehead atoms. The molecule has 1 amide bonds. The Morgan fingerprint density at radius 1 is 1.24 bits per heavy atom. The highest BCUT2D eigenvalue weighted by atomic mass is 16.1. The predicted molar refractivity (Wildman–Crippen MR) is 83.1 cm³/mol.